The molecule has 0 spiro atoms. The van der Waals surface area contributed by atoms with Gasteiger partial charge in [-0.3, -0.25) is 9.59 Å². The lowest BCUT2D eigenvalue weighted by molar-refractivity contribution is -0.120. The molecule has 0 aliphatic carbocycles. The first-order valence-electron chi connectivity index (χ1n) is 10.7. The Hall–Kier alpha value is -4.00. The molecule has 1 heterocycles. The molecule has 1 aliphatic rings. The van der Waals surface area contributed by atoms with E-state index in [0.29, 0.717) is 16.2 Å². The van der Waals surface area contributed by atoms with Gasteiger partial charge in [-0.2, -0.15) is 0 Å². The van der Waals surface area contributed by atoms with Crippen LogP contribution in [0.4, 0.5) is 25.8 Å². The smallest absolute Gasteiger partial charge is 0.282 e. The van der Waals surface area contributed by atoms with Crippen LogP contribution in [-0.4, -0.2) is 24.9 Å². The zero-order valence-corrected chi connectivity index (χ0v) is 18.3. The van der Waals surface area contributed by atoms with Crippen LogP contribution in [0.25, 0.3) is 5.57 Å². The number of hydrogen-bond donors (Lipinski definition) is 1. The Morgan fingerprint density at radius 3 is 2.15 bits per heavy atom. The van der Waals surface area contributed by atoms with Crippen molar-refractivity contribution in [3.05, 3.63) is 95.7 Å². The maximum atomic E-state index is 14.5. The molecular formula is C26H23F2N3O2. The first-order valence-corrected chi connectivity index (χ1v) is 10.7. The number of carbonyl (C=O) groups is 2. The van der Waals surface area contributed by atoms with Crippen molar-refractivity contribution in [1.29, 1.82) is 0 Å². The van der Waals surface area contributed by atoms with Crippen molar-refractivity contribution < 1.29 is 18.4 Å². The standard InChI is InChI=1S/C26H23F2N3O2/c1-3-30(4-2)20-13-11-19(12-14-20)29-24-23(17-8-6-5-7-9-17)25(32)31(26(24)33)22-16-18(27)10-15-21(22)28/h5-16,29H,3-4H2,1-2H3. The number of amides is 2. The predicted octanol–water partition coefficient (Wildman–Crippen LogP) is 5.21. The van der Waals surface area contributed by atoms with E-state index in [1.165, 1.54) is 0 Å². The zero-order valence-electron chi connectivity index (χ0n) is 18.3. The lowest BCUT2D eigenvalue weighted by Gasteiger charge is -2.21. The Balaban J connectivity index is 1.75. The Morgan fingerprint density at radius 2 is 1.52 bits per heavy atom. The van der Waals surface area contributed by atoms with Crippen LogP contribution in [0.15, 0.2) is 78.5 Å². The molecule has 0 radical (unpaired) electrons. The fourth-order valence-corrected chi connectivity index (χ4v) is 3.88. The molecule has 3 aromatic carbocycles. The summed E-state index contributed by atoms with van der Waals surface area (Å²) in [6, 6.07) is 18.8. The number of nitrogens with one attached hydrogen (secondary N) is 1. The minimum atomic E-state index is -0.865. The van der Waals surface area contributed by atoms with Crippen molar-refractivity contribution in [3.8, 4) is 0 Å². The molecule has 0 bridgehead atoms. The van der Waals surface area contributed by atoms with E-state index < -0.39 is 29.1 Å². The second-order valence-corrected chi connectivity index (χ2v) is 7.50. The quantitative estimate of drug-likeness (QED) is 0.506. The van der Waals surface area contributed by atoms with E-state index in [-0.39, 0.29) is 11.3 Å². The summed E-state index contributed by atoms with van der Waals surface area (Å²) < 4.78 is 28.3. The summed E-state index contributed by atoms with van der Waals surface area (Å²) in [5.41, 5.74) is 1.80. The molecule has 0 saturated carbocycles. The lowest BCUT2D eigenvalue weighted by Crippen LogP contribution is -2.33. The summed E-state index contributed by atoms with van der Waals surface area (Å²) >= 11 is 0. The molecule has 0 saturated heterocycles. The van der Waals surface area contributed by atoms with E-state index in [1.807, 2.05) is 24.3 Å². The molecule has 0 atom stereocenters. The molecule has 3 aromatic rings. The van der Waals surface area contributed by atoms with E-state index in [4.69, 9.17) is 0 Å². The Kier molecular flexibility index (Phi) is 6.22. The van der Waals surface area contributed by atoms with Crippen LogP contribution in [0.1, 0.15) is 19.4 Å². The number of anilines is 3. The molecular weight excluding hydrogens is 424 g/mol. The van der Waals surface area contributed by atoms with E-state index >= 15 is 0 Å². The largest absolute Gasteiger partial charge is 0.372 e. The van der Waals surface area contributed by atoms with E-state index in [9.17, 15) is 18.4 Å². The maximum absolute atomic E-state index is 14.5. The van der Waals surface area contributed by atoms with Crippen molar-refractivity contribution in [2.75, 3.05) is 28.2 Å². The second-order valence-electron chi connectivity index (χ2n) is 7.50. The van der Waals surface area contributed by atoms with Crippen molar-refractivity contribution in [3.63, 3.8) is 0 Å². The van der Waals surface area contributed by atoms with Crippen LogP contribution in [-0.2, 0) is 9.59 Å². The van der Waals surface area contributed by atoms with Crippen molar-refractivity contribution in [2.45, 2.75) is 13.8 Å². The number of carbonyl (C=O) groups excluding carboxylic acids is 2. The van der Waals surface area contributed by atoms with E-state index in [1.54, 1.807) is 30.3 Å². The number of rotatable bonds is 7. The Labute approximate surface area is 190 Å². The second kappa shape index (κ2) is 9.24. The van der Waals surface area contributed by atoms with Gasteiger partial charge in [0.2, 0.25) is 0 Å². The molecule has 0 fully saturated rings. The number of benzene rings is 3. The molecule has 1 N–H and O–H groups in total. The van der Waals surface area contributed by atoms with Crippen molar-refractivity contribution in [1.82, 2.24) is 0 Å². The Bertz CT molecular complexity index is 1220. The van der Waals surface area contributed by atoms with Crippen molar-refractivity contribution in [2.24, 2.45) is 0 Å². The van der Waals surface area contributed by atoms with Crippen LogP contribution in [0, 0.1) is 11.6 Å². The third-order valence-electron chi connectivity index (χ3n) is 5.56. The van der Waals surface area contributed by atoms with Gasteiger partial charge in [0.25, 0.3) is 11.8 Å². The monoisotopic (exact) mass is 447 g/mol. The minimum Gasteiger partial charge on any atom is -0.372 e. The third kappa shape index (κ3) is 4.22. The molecule has 5 nitrogen and oxygen atoms in total. The van der Waals surface area contributed by atoms with Crippen LogP contribution < -0.4 is 15.1 Å². The normalized spacial score (nSPS) is 13.6. The van der Waals surface area contributed by atoms with Gasteiger partial charge >= 0.3 is 0 Å². The van der Waals surface area contributed by atoms with Crippen LogP contribution >= 0.6 is 0 Å². The fourth-order valence-electron chi connectivity index (χ4n) is 3.88. The molecule has 0 unspecified atom stereocenters. The molecule has 7 heteroatoms. The number of halogens is 2. The summed E-state index contributed by atoms with van der Waals surface area (Å²) in [4.78, 5) is 29.5. The molecule has 1 aliphatic heterocycles. The first kappa shape index (κ1) is 22.2. The highest BCUT2D eigenvalue weighted by molar-refractivity contribution is 6.46. The highest BCUT2D eigenvalue weighted by Crippen LogP contribution is 2.35. The Morgan fingerprint density at radius 1 is 0.848 bits per heavy atom. The average molecular weight is 447 g/mol. The van der Waals surface area contributed by atoms with Gasteiger partial charge in [-0.1, -0.05) is 30.3 Å². The maximum Gasteiger partial charge on any atom is 0.282 e. The molecule has 0 aromatic heterocycles. The highest BCUT2D eigenvalue weighted by Gasteiger charge is 2.41. The van der Waals surface area contributed by atoms with Gasteiger partial charge in [0.1, 0.15) is 17.3 Å². The summed E-state index contributed by atoms with van der Waals surface area (Å²) in [6.07, 6.45) is 0. The van der Waals surface area contributed by atoms with Gasteiger partial charge in [0, 0.05) is 30.5 Å². The van der Waals surface area contributed by atoms with E-state index in [0.717, 1.165) is 37.0 Å². The highest BCUT2D eigenvalue weighted by atomic mass is 19.1. The van der Waals surface area contributed by atoms with Gasteiger partial charge in [-0.25, -0.2) is 13.7 Å². The average Bonchev–Trinajstić information content (AvgIpc) is 3.07. The van der Waals surface area contributed by atoms with Crippen LogP contribution in [0.3, 0.4) is 0 Å². The lowest BCUT2D eigenvalue weighted by atomic mass is 10.0. The minimum absolute atomic E-state index is 0.00505. The summed E-state index contributed by atoms with van der Waals surface area (Å²) in [5, 5.41) is 3.04. The molecule has 168 valence electrons. The number of hydrogen-bond acceptors (Lipinski definition) is 4. The third-order valence-corrected chi connectivity index (χ3v) is 5.56. The van der Waals surface area contributed by atoms with Gasteiger partial charge in [-0.05, 0) is 55.8 Å². The summed E-state index contributed by atoms with van der Waals surface area (Å²) in [7, 11) is 0. The van der Waals surface area contributed by atoms with E-state index in [2.05, 4.69) is 24.1 Å². The molecule has 33 heavy (non-hydrogen) atoms. The van der Waals surface area contributed by atoms with Gasteiger partial charge in [0.15, 0.2) is 0 Å². The van der Waals surface area contributed by atoms with Crippen LogP contribution in [0.2, 0.25) is 0 Å². The predicted molar refractivity (Wildman–Crippen MR) is 126 cm³/mol. The van der Waals surface area contributed by atoms with Crippen molar-refractivity contribution >= 4 is 34.4 Å². The molecule has 2 amide bonds. The van der Waals surface area contributed by atoms with Crippen LogP contribution in [0.5, 0.6) is 0 Å². The summed E-state index contributed by atoms with van der Waals surface area (Å²) in [5.74, 6) is -3.09. The number of nitrogens with zero attached hydrogens (tertiary/aromatic N) is 2. The van der Waals surface area contributed by atoms with Gasteiger partial charge < -0.3 is 10.2 Å². The molecule has 4 rings (SSSR count). The first-order chi connectivity index (χ1) is 15.9. The number of imide groups is 1. The van der Waals surface area contributed by atoms with Gasteiger partial charge in [0.05, 0.1) is 11.3 Å². The summed E-state index contributed by atoms with van der Waals surface area (Å²) in [6.45, 7) is 5.84. The zero-order chi connectivity index (χ0) is 23.5. The van der Waals surface area contributed by atoms with Gasteiger partial charge in [-0.15, -0.1) is 0 Å². The fraction of sp³-hybridized carbons (Fsp3) is 0.154. The topological polar surface area (TPSA) is 52.7 Å². The SMILES string of the molecule is CCN(CC)c1ccc(NC2=C(c3ccccc3)C(=O)N(c3cc(F)ccc3F)C2=O)cc1.